The molecule has 3 heterocycles. The number of furan rings is 2. The van der Waals surface area contributed by atoms with Crippen molar-refractivity contribution in [2.24, 2.45) is 0 Å². The van der Waals surface area contributed by atoms with E-state index < -0.39 is 0 Å². The van der Waals surface area contributed by atoms with Gasteiger partial charge in [-0.3, -0.25) is 14.5 Å². The Hall–Kier alpha value is -3.65. The third kappa shape index (κ3) is 4.92. The standard InChI is InChI=1S/C23H21N3O4S/c1-15-7-8-19(16(2)11-15)25-21(27)12-17-14-31-23(24-17)26(13-18-5-3-9-29-18)22(28)20-6-4-10-30-20/h3-11,14H,12-13H2,1-2H3,(H,25,27). The van der Waals surface area contributed by atoms with Gasteiger partial charge in [-0.25, -0.2) is 4.98 Å². The smallest absolute Gasteiger partial charge is 0.296 e. The molecule has 0 saturated carbocycles. The first-order valence-electron chi connectivity index (χ1n) is 9.69. The van der Waals surface area contributed by atoms with Crippen molar-refractivity contribution in [3.05, 3.63) is 88.7 Å². The van der Waals surface area contributed by atoms with Crippen LogP contribution in [0.25, 0.3) is 0 Å². The van der Waals surface area contributed by atoms with Crippen LogP contribution in [0.5, 0.6) is 0 Å². The summed E-state index contributed by atoms with van der Waals surface area (Å²) in [6.07, 6.45) is 3.10. The van der Waals surface area contributed by atoms with E-state index in [1.54, 1.807) is 35.9 Å². The van der Waals surface area contributed by atoms with Gasteiger partial charge in [0.1, 0.15) is 5.76 Å². The van der Waals surface area contributed by atoms with Crippen molar-refractivity contribution in [2.45, 2.75) is 26.8 Å². The van der Waals surface area contributed by atoms with Crippen LogP contribution in [0.2, 0.25) is 0 Å². The Morgan fingerprint density at radius 3 is 2.61 bits per heavy atom. The van der Waals surface area contributed by atoms with Crippen molar-refractivity contribution in [1.29, 1.82) is 0 Å². The molecule has 0 aliphatic rings. The third-order valence-electron chi connectivity index (χ3n) is 4.64. The van der Waals surface area contributed by atoms with E-state index in [0.29, 0.717) is 16.6 Å². The van der Waals surface area contributed by atoms with Crippen LogP contribution in [0.15, 0.2) is 69.2 Å². The van der Waals surface area contributed by atoms with Gasteiger partial charge in [0.2, 0.25) is 5.91 Å². The lowest BCUT2D eigenvalue weighted by Gasteiger charge is -2.17. The SMILES string of the molecule is Cc1ccc(NC(=O)Cc2csc(N(Cc3ccco3)C(=O)c3ccco3)n2)c(C)c1. The molecule has 158 valence electrons. The number of carbonyl (C=O) groups excluding carboxylic acids is 2. The van der Waals surface area contributed by atoms with Crippen LogP contribution in [0, 0.1) is 13.8 Å². The number of benzene rings is 1. The highest BCUT2D eigenvalue weighted by atomic mass is 32.1. The molecule has 31 heavy (non-hydrogen) atoms. The number of hydrogen-bond acceptors (Lipinski definition) is 6. The van der Waals surface area contributed by atoms with Gasteiger partial charge in [0.25, 0.3) is 5.91 Å². The molecule has 0 atom stereocenters. The van der Waals surface area contributed by atoms with E-state index in [0.717, 1.165) is 16.8 Å². The topological polar surface area (TPSA) is 88.6 Å². The number of amides is 2. The molecule has 0 radical (unpaired) electrons. The molecule has 8 heteroatoms. The van der Waals surface area contributed by atoms with Gasteiger partial charge in [-0.15, -0.1) is 11.3 Å². The van der Waals surface area contributed by atoms with E-state index in [2.05, 4.69) is 10.3 Å². The number of thiazole rings is 1. The predicted octanol–water partition coefficient (Wildman–Crippen LogP) is 4.97. The van der Waals surface area contributed by atoms with Crippen molar-refractivity contribution in [3.63, 3.8) is 0 Å². The second kappa shape index (κ2) is 9.01. The minimum absolute atomic E-state index is 0.105. The van der Waals surface area contributed by atoms with Crippen molar-refractivity contribution in [1.82, 2.24) is 4.98 Å². The molecule has 3 aromatic heterocycles. The van der Waals surface area contributed by atoms with Crippen molar-refractivity contribution in [3.8, 4) is 0 Å². The minimum atomic E-state index is -0.331. The van der Waals surface area contributed by atoms with Crippen LogP contribution in [-0.2, 0) is 17.8 Å². The summed E-state index contributed by atoms with van der Waals surface area (Å²) >= 11 is 1.29. The largest absolute Gasteiger partial charge is 0.467 e. The lowest BCUT2D eigenvalue weighted by atomic mass is 10.1. The van der Waals surface area contributed by atoms with Crippen LogP contribution in [-0.4, -0.2) is 16.8 Å². The molecule has 4 aromatic rings. The molecule has 0 unspecified atom stereocenters. The first kappa shape index (κ1) is 20.6. The Morgan fingerprint density at radius 1 is 1.10 bits per heavy atom. The minimum Gasteiger partial charge on any atom is -0.467 e. The average Bonchev–Trinajstić information content (AvgIpc) is 3.51. The Bertz CT molecular complexity index is 1180. The summed E-state index contributed by atoms with van der Waals surface area (Å²) < 4.78 is 10.7. The summed E-state index contributed by atoms with van der Waals surface area (Å²) in [4.78, 5) is 31.5. The molecule has 0 bridgehead atoms. The fourth-order valence-electron chi connectivity index (χ4n) is 3.13. The van der Waals surface area contributed by atoms with E-state index in [9.17, 15) is 9.59 Å². The molecule has 1 aromatic carbocycles. The number of carbonyl (C=O) groups is 2. The Labute approximate surface area is 183 Å². The number of rotatable bonds is 7. The molecule has 0 aliphatic carbocycles. The van der Waals surface area contributed by atoms with Crippen molar-refractivity contribution >= 4 is 34.0 Å². The Balaban J connectivity index is 1.50. The summed E-state index contributed by atoms with van der Waals surface area (Å²) in [5, 5.41) is 5.17. The molecule has 7 nitrogen and oxygen atoms in total. The molecule has 0 spiro atoms. The summed E-state index contributed by atoms with van der Waals surface area (Å²) in [6, 6.07) is 12.7. The van der Waals surface area contributed by atoms with Gasteiger partial charge in [-0.1, -0.05) is 17.7 Å². The average molecular weight is 436 g/mol. The van der Waals surface area contributed by atoms with Crippen molar-refractivity contribution < 1.29 is 18.4 Å². The summed E-state index contributed by atoms with van der Waals surface area (Å²) in [7, 11) is 0. The van der Waals surface area contributed by atoms with Gasteiger partial charge in [0, 0.05) is 11.1 Å². The maximum atomic E-state index is 12.9. The molecule has 0 saturated heterocycles. The first-order chi connectivity index (χ1) is 15.0. The number of nitrogens with zero attached hydrogens (tertiary/aromatic N) is 2. The zero-order valence-electron chi connectivity index (χ0n) is 17.1. The second-order valence-corrected chi connectivity index (χ2v) is 7.95. The zero-order chi connectivity index (χ0) is 21.8. The Morgan fingerprint density at radius 2 is 1.90 bits per heavy atom. The normalized spacial score (nSPS) is 10.8. The third-order valence-corrected chi connectivity index (χ3v) is 5.55. The lowest BCUT2D eigenvalue weighted by molar-refractivity contribution is -0.115. The number of hydrogen-bond donors (Lipinski definition) is 1. The van der Waals surface area contributed by atoms with Crippen LogP contribution >= 0.6 is 11.3 Å². The Kier molecular flexibility index (Phi) is 5.99. The monoisotopic (exact) mass is 435 g/mol. The molecular formula is C23H21N3O4S. The second-order valence-electron chi connectivity index (χ2n) is 7.11. The van der Waals surface area contributed by atoms with Crippen LogP contribution in [0.1, 0.15) is 33.1 Å². The van der Waals surface area contributed by atoms with E-state index in [1.165, 1.54) is 22.5 Å². The van der Waals surface area contributed by atoms with E-state index >= 15 is 0 Å². The number of anilines is 2. The molecule has 2 amide bonds. The molecule has 4 rings (SSSR count). The first-order valence-corrected chi connectivity index (χ1v) is 10.6. The number of aryl methyl sites for hydroxylation is 2. The maximum Gasteiger partial charge on any atom is 0.296 e. The molecule has 0 fully saturated rings. The van der Waals surface area contributed by atoms with E-state index in [1.807, 2.05) is 32.0 Å². The van der Waals surface area contributed by atoms with Gasteiger partial charge >= 0.3 is 0 Å². The molecule has 1 N–H and O–H groups in total. The highest BCUT2D eigenvalue weighted by molar-refractivity contribution is 7.14. The highest BCUT2D eigenvalue weighted by Crippen LogP contribution is 2.25. The fraction of sp³-hybridized carbons (Fsp3) is 0.174. The zero-order valence-corrected chi connectivity index (χ0v) is 17.9. The number of aromatic nitrogens is 1. The highest BCUT2D eigenvalue weighted by Gasteiger charge is 2.24. The quantitative estimate of drug-likeness (QED) is 0.443. The maximum absolute atomic E-state index is 12.9. The van der Waals surface area contributed by atoms with Gasteiger partial charge in [-0.05, 0) is 49.7 Å². The summed E-state index contributed by atoms with van der Waals surface area (Å²) in [5.74, 6) is 0.320. The lowest BCUT2D eigenvalue weighted by Crippen LogP contribution is -2.30. The van der Waals surface area contributed by atoms with Crippen LogP contribution < -0.4 is 10.2 Å². The van der Waals surface area contributed by atoms with Gasteiger partial charge < -0.3 is 14.2 Å². The molecule has 0 aliphatic heterocycles. The van der Waals surface area contributed by atoms with E-state index in [4.69, 9.17) is 8.83 Å². The van der Waals surface area contributed by atoms with Crippen LogP contribution in [0.4, 0.5) is 10.8 Å². The fourth-order valence-corrected chi connectivity index (χ4v) is 3.95. The van der Waals surface area contributed by atoms with E-state index in [-0.39, 0.29) is 30.5 Å². The summed E-state index contributed by atoms with van der Waals surface area (Å²) in [5.41, 5.74) is 3.50. The van der Waals surface area contributed by atoms with Crippen LogP contribution in [0.3, 0.4) is 0 Å². The van der Waals surface area contributed by atoms with Gasteiger partial charge in [-0.2, -0.15) is 0 Å². The van der Waals surface area contributed by atoms with Gasteiger partial charge in [0.15, 0.2) is 10.9 Å². The molecular weight excluding hydrogens is 414 g/mol. The number of nitrogens with one attached hydrogen (secondary N) is 1. The van der Waals surface area contributed by atoms with Crippen molar-refractivity contribution in [2.75, 3.05) is 10.2 Å². The summed E-state index contributed by atoms with van der Waals surface area (Å²) in [6.45, 7) is 4.17. The van der Waals surface area contributed by atoms with Gasteiger partial charge in [0.05, 0.1) is 31.2 Å². The predicted molar refractivity (Wildman–Crippen MR) is 118 cm³/mol.